The number of amides is 1. The maximum Gasteiger partial charge on any atom is 0.273 e. The number of hydrogen-bond acceptors (Lipinski definition) is 4. The van der Waals surface area contributed by atoms with E-state index in [9.17, 15) is 4.79 Å². The Balaban J connectivity index is 1.78. The zero-order valence-corrected chi connectivity index (χ0v) is 13.8. The molecule has 1 saturated heterocycles. The normalized spacial score (nSPS) is 16.2. The fourth-order valence-electron chi connectivity index (χ4n) is 2.34. The quantitative estimate of drug-likeness (QED) is 0.734. The molecule has 116 valence electrons. The maximum absolute atomic E-state index is 12.4. The van der Waals surface area contributed by atoms with Crippen LogP contribution in [0.5, 0.6) is 0 Å². The van der Waals surface area contributed by atoms with E-state index in [-0.39, 0.29) is 12.0 Å². The molecule has 5 nitrogen and oxygen atoms in total. The third-order valence-corrected chi connectivity index (χ3v) is 4.12. The van der Waals surface area contributed by atoms with E-state index in [1.807, 2.05) is 17.9 Å². The Labute approximate surface area is 133 Å². The average Bonchev–Trinajstić information content (AvgIpc) is 2.52. The summed E-state index contributed by atoms with van der Waals surface area (Å²) in [5, 5.41) is 0. The highest BCUT2D eigenvalue weighted by Crippen LogP contribution is 2.19. The molecule has 1 aromatic rings. The summed E-state index contributed by atoms with van der Waals surface area (Å²) in [6.45, 7) is 5.37. The summed E-state index contributed by atoms with van der Waals surface area (Å²) >= 11 is 3.38. The van der Waals surface area contributed by atoms with Crippen LogP contribution in [0.15, 0.2) is 22.8 Å². The summed E-state index contributed by atoms with van der Waals surface area (Å²) in [6.07, 6.45) is 3.59. The van der Waals surface area contributed by atoms with Crippen molar-refractivity contribution >= 4 is 21.8 Å². The van der Waals surface area contributed by atoms with Gasteiger partial charge in [-0.05, 0) is 47.8 Å². The number of piperidine rings is 1. The largest absolute Gasteiger partial charge is 0.379 e. The van der Waals surface area contributed by atoms with Crippen molar-refractivity contribution < 1.29 is 14.3 Å². The fourth-order valence-corrected chi connectivity index (χ4v) is 2.76. The Bertz CT molecular complexity index is 462. The van der Waals surface area contributed by atoms with Crippen LogP contribution in [-0.2, 0) is 9.47 Å². The van der Waals surface area contributed by atoms with E-state index >= 15 is 0 Å². The van der Waals surface area contributed by atoms with Crippen LogP contribution in [-0.4, -0.2) is 54.8 Å². The number of carbonyl (C=O) groups excluding carboxylic acids is 1. The first-order valence-corrected chi connectivity index (χ1v) is 8.10. The predicted octanol–water partition coefficient (Wildman–Crippen LogP) is 2.50. The average molecular weight is 357 g/mol. The van der Waals surface area contributed by atoms with Gasteiger partial charge >= 0.3 is 0 Å². The van der Waals surface area contributed by atoms with Crippen molar-refractivity contribution in [1.29, 1.82) is 0 Å². The number of halogens is 1. The van der Waals surface area contributed by atoms with Gasteiger partial charge in [-0.2, -0.15) is 0 Å². The topological polar surface area (TPSA) is 51.7 Å². The number of rotatable bonds is 6. The van der Waals surface area contributed by atoms with Crippen LogP contribution >= 0.6 is 15.9 Å². The summed E-state index contributed by atoms with van der Waals surface area (Å²) in [6, 6.07) is 3.64. The first-order chi connectivity index (χ1) is 10.2. The molecular formula is C15H21BrN2O3. The molecule has 1 amide bonds. The second kappa shape index (κ2) is 8.46. The van der Waals surface area contributed by atoms with Gasteiger partial charge in [-0.1, -0.05) is 0 Å². The summed E-state index contributed by atoms with van der Waals surface area (Å²) in [4.78, 5) is 18.4. The molecule has 0 unspecified atom stereocenters. The molecule has 0 N–H and O–H groups in total. The number of carbonyl (C=O) groups is 1. The predicted molar refractivity (Wildman–Crippen MR) is 83.3 cm³/mol. The molecule has 1 aliphatic rings. The minimum Gasteiger partial charge on any atom is -0.379 e. The molecule has 0 bridgehead atoms. The van der Waals surface area contributed by atoms with Crippen LogP contribution in [0, 0.1) is 0 Å². The summed E-state index contributed by atoms with van der Waals surface area (Å²) in [7, 11) is 0. The van der Waals surface area contributed by atoms with Gasteiger partial charge in [-0.15, -0.1) is 0 Å². The molecule has 2 rings (SSSR count). The zero-order chi connectivity index (χ0) is 15.1. The number of ether oxygens (including phenoxy) is 2. The first kappa shape index (κ1) is 16.4. The third-order valence-electron chi connectivity index (χ3n) is 3.48. The molecule has 1 fully saturated rings. The molecule has 0 spiro atoms. The highest BCUT2D eigenvalue weighted by atomic mass is 79.9. The Morgan fingerprint density at radius 3 is 2.86 bits per heavy atom. The summed E-state index contributed by atoms with van der Waals surface area (Å²) in [5.74, 6) is -0.0183. The molecule has 1 aliphatic heterocycles. The Hall–Kier alpha value is -0.980. The number of likely N-dealkylation sites (tertiary alicyclic amines) is 1. The SMILES string of the molecule is CCOCCOC1CCN(C(=O)c2ncccc2Br)CC1. The number of aromatic nitrogens is 1. The van der Waals surface area contributed by atoms with E-state index in [0.717, 1.165) is 23.9 Å². The molecule has 0 atom stereocenters. The Morgan fingerprint density at radius 1 is 1.43 bits per heavy atom. The second-order valence-corrected chi connectivity index (χ2v) is 5.75. The van der Waals surface area contributed by atoms with Gasteiger partial charge in [0.1, 0.15) is 5.69 Å². The maximum atomic E-state index is 12.4. The molecule has 0 radical (unpaired) electrons. The van der Waals surface area contributed by atoms with Crippen molar-refractivity contribution in [3.8, 4) is 0 Å². The lowest BCUT2D eigenvalue weighted by Gasteiger charge is -2.31. The molecule has 1 aromatic heterocycles. The molecule has 0 aliphatic carbocycles. The van der Waals surface area contributed by atoms with Crippen molar-refractivity contribution in [2.75, 3.05) is 32.9 Å². The Kier molecular flexibility index (Phi) is 6.60. The van der Waals surface area contributed by atoms with Crippen LogP contribution in [0.1, 0.15) is 30.3 Å². The minimum atomic E-state index is -0.0183. The fraction of sp³-hybridized carbons (Fsp3) is 0.600. The summed E-state index contributed by atoms with van der Waals surface area (Å²) in [5.41, 5.74) is 0.480. The van der Waals surface area contributed by atoms with Gasteiger partial charge in [-0.3, -0.25) is 4.79 Å². The van der Waals surface area contributed by atoms with Gasteiger partial charge < -0.3 is 14.4 Å². The molecule has 2 heterocycles. The molecular weight excluding hydrogens is 336 g/mol. The highest BCUT2D eigenvalue weighted by Gasteiger charge is 2.25. The Morgan fingerprint density at radius 2 is 2.19 bits per heavy atom. The van der Waals surface area contributed by atoms with E-state index < -0.39 is 0 Å². The van der Waals surface area contributed by atoms with Gasteiger partial charge in [0.05, 0.1) is 19.3 Å². The summed E-state index contributed by atoms with van der Waals surface area (Å²) < 4.78 is 11.7. The number of nitrogens with zero attached hydrogens (tertiary/aromatic N) is 2. The number of pyridine rings is 1. The van der Waals surface area contributed by atoms with Crippen LogP contribution in [0.4, 0.5) is 0 Å². The smallest absolute Gasteiger partial charge is 0.273 e. The van der Waals surface area contributed by atoms with E-state index in [4.69, 9.17) is 9.47 Å². The van der Waals surface area contributed by atoms with Crippen molar-refractivity contribution in [2.45, 2.75) is 25.9 Å². The molecule has 0 aromatic carbocycles. The lowest BCUT2D eigenvalue weighted by atomic mass is 10.1. The third kappa shape index (κ3) is 4.76. The minimum absolute atomic E-state index is 0.0183. The highest BCUT2D eigenvalue weighted by molar-refractivity contribution is 9.10. The van der Waals surface area contributed by atoms with E-state index in [2.05, 4.69) is 20.9 Å². The zero-order valence-electron chi connectivity index (χ0n) is 12.3. The van der Waals surface area contributed by atoms with Gasteiger partial charge in [-0.25, -0.2) is 4.98 Å². The molecule has 21 heavy (non-hydrogen) atoms. The van der Waals surface area contributed by atoms with Crippen molar-refractivity contribution in [2.24, 2.45) is 0 Å². The van der Waals surface area contributed by atoms with Crippen LogP contribution < -0.4 is 0 Å². The molecule has 0 saturated carbocycles. The number of hydrogen-bond donors (Lipinski definition) is 0. The van der Waals surface area contributed by atoms with Crippen LogP contribution in [0.2, 0.25) is 0 Å². The van der Waals surface area contributed by atoms with E-state index in [0.29, 0.717) is 32.0 Å². The van der Waals surface area contributed by atoms with Gasteiger partial charge in [0, 0.05) is 30.4 Å². The monoisotopic (exact) mass is 356 g/mol. The second-order valence-electron chi connectivity index (χ2n) is 4.89. The molecule has 6 heteroatoms. The van der Waals surface area contributed by atoms with Gasteiger partial charge in [0.25, 0.3) is 5.91 Å². The van der Waals surface area contributed by atoms with Gasteiger partial charge in [0.2, 0.25) is 0 Å². The van der Waals surface area contributed by atoms with Crippen LogP contribution in [0.25, 0.3) is 0 Å². The van der Waals surface area contributed by atoms with Crippen molar-refractivity contribution in [1.82, 2.24) is 9.88 Å². The van der Waals surface area contributed by atoms with Crippen molar-refractivity contribution in [3.05, 3.63) is 28.5 Å². The van der Waals surface area contributed by atoms with Crippen LogP contribution in [0.3, 0.4) is 0 Å². The standard InChI is InChI=1S/C15H21BrN2O3/c1-2-20-10-11-21-12-5-8-18(9-6-12)15(19)14-13(16)4-3-7-17-14/h3-4,7,12H,2,5-6,8-11H2,1H3. The van der Waals surface area contributed by atoms with E-state index in [1.54, 1.807) is 12.3 Å². The first-order valence-electron chi connectivity index (χ1n) is 7.31. The lowest BCUT2D eigenvalue weighted by molar-refractivity contribution is -0.0183. The van der Waals surface area contributed by atoms with Crippen molar-refractivity contribution in [3.63, 3.8) is 0 Å². The van der Waals surface area contributed by atoms with E-state index in [1.165, 1.54) is 0 Å². The lowest BCUT2D eigenvalue weighted by Crippen LogP contribution is -2.41. The van der Waals surface area contributed by atoms with Gasteiger partial charge in [0.15, 0.2) is 0 Å².